The number of amides is 1. The Bertz CT molecular complexity index is 1150. The normalized spacial score (nSPS) is 11.7. The summed E-state index contributed by atoms with van der Waals surface area (Å²) in [7, 11) is 2.99. The number of phenols is 1. The smallest absolute Gasteiger partial charge is 0.279 e. The molecule has 1 unspecified atom stereocenters. The second kappa shape index (κ2) is 9.95. The number of aromatic nitrogens is 1. The lowest BCUT2D eigenvalue weighted by Crippen LogP contribution is -2.29. The number of benzene rings is 2. The number of aromatic hydroxyl groups is 1. The number of carbonyl (C=O) groups excluding carboxylic acids is 1. The number of nitrogens with zero attached hydrogens (tertiary/aromatic N) is 2. The molecule has 1 heterocycles. The van der Waals surface area contributed by atoms with Crippen LogP contribution in [-0.4, -0.2) is 35.1 Å². The van der Waals surface area contributed by atoms with E-state index in [0.29, 0.717) is 23.5 Å². The van der Waals surface area contributed by atoms with Gasteiger partial charge in [0.25, 0.3) is 5.69 Å². The predicted molar refractivity (Wildman–Crippen MR) is 119 cm³/mol. The largest absolute Gasteiger partial charge is 0.505 e. The van der Waals surface area contributed by atoms with Crippen molar-refractivity contribution in [3.63, 3.8) is 0 Å². The first kappa shape index (κ1) is 22.8. The van der Waals surface area contributed by atoms with Crippen LogP contribution >= 0.6 is 0 Å². The second-order valence-corrected chi connectivity index (χ2v) is 7.21. The average Bonchev–Trinajstić information content (AvgIpc) is 2.81. The zero-order chi connectivity index (χ0) is 23.3. The molecule has 0 saturated carbocycles. The Hall–Kier alpha value is -3.88. The topological polar surface area (TPSA) is 124 Å². The molecule has 0 saturated heterocycles. The third-order valence-corrected chi connectivity index (χ3v) is 5.18. The molecule has 0 spiro atoms. The van der Waals surface area contributed by atoms with Crippen LogP contribution in [-0.2, 0) is 4.79 Å². The van der Waals surface area contributed by atoms with Crippen LogP contribution in [0.5, 0.6) is 17.2 Å². The zero-order valence-corrected chi connectivity index (χ0v) is 18.1. The van der Waals surface area contributed by atoms with Gasteiger partial charge in [0.2, 0.25) is 5.91 Å². The maximum atomic E-state index is 12.6. The SMILES string of the molecule is CCCCC(=O)NC(c1ccc(OC)c(OC)c1)c1cc([N+](=O)[O-])c2cccnc2c1O. The lowest BCUT2D eigenvalue weighted by Gasteiger charge is -2.22. The summed E-state index contributed by atoms with van der Waals surface area (Å²) in [6.45, 7) is 1.98. The number of fused-ring (bicyclic) bond motifs is 1. The molecule has 32 heavy (non-hydrogen) atoms. The number of nitrogens with one attached hydrogen (secondary N) is 1. The summed E-state index contributed by atoms with van der Waals surface area (Å²) in [5, 5.41) is 25.9. The van der Waals surface area contributed by atoms with Crippen LogP contribution in [0.4, 0.5) is 5.69 Å². The third-order valence-electron chi connectivity index (χ3n) is 5.18. The maximum Gasteiger partial charge on any atom is 0.279 e. The number of pyridine rings is 1. The number of ether oxygens (including phenoxy) is 2. The van der Waals surface area contributed by atoms with E-state index in [-0.39, 0.29) is 40.2 Å². The molecule has 9 nitrogen and oxygen atoms in total. The standard InChI is InChI=1S/C23H25N3O6/c1-4-5-8-20(27)25-21(14-9-10-18(31-2)19(12-14)32-3)16-13-17(26(29)30)15-7-6-11-24-22(15)23(16)28/h6-7,9-13,21,28H,4-5,8H2,1-3H3,(H,25,27). The van der Waals surface area contributed by atoms with E-state index in [2.05, 4.69) is 10.3 Å². The lowest BCUT2D eigenvalue weighted by atomic mass is 9.94. The van der Waals surface area contributed by atoms with Crippen molar-refractivity contribution in [1.29, 1.82) is 0 Å². The van der Waals surface area contributed by atoms with Crippen LogP contribution in [0.25, 0.3) is 10.9 Å². The number of unbranched alkanes of at least 4 members (excludes halogenated alkanes) is 1. The number of methoxy groups -OCH3 is 2. The van der Waals surface area contributed by atoms with E-state index < -0.39 is 11.0 Å². The van der Waals surface area contributed by atoms with Crippen LogP contribution in [0.15, 0.2) is 42.6 Å². The second-order valence-electron chi connectivity index (χ2n) is 7.21. The van der Waals surface area contributed by atoms with Crippen molar-refractivity contribution in [2.24, 2.45) is 0 Å². The molecule has 0 aliphatic rings. The van der Waals surface area contributed by atoms with Crippen molar-refractivity contribution in [3.8, 4) is 17.2 Å². The van der Waals surface area contributed by atoms with E-state index >= 15 is 0 Å². The summed E-state index contributed by atoms with van der Waals surface area (Å²) < 4.78 is 10.7. The Morgan fingerprint density at radius 1 is 1.22 bits per heavy atom. The van der Waals surface area contributed by atoms with E-state index in [9.17, 15) is 20.0 Å². The molecule has 0 fully saturated rings. The van der Waals surface area contributed by atoms with Crippen LogP contribution in [0.1, 0.15) is 43.4 Å². The Morgan fingerprint density at radius 2 is 1.97 bits per heavy atom. The van der Waals surface area contributed by atoms with Gasteiger partial charge in [-0.1, -0.05) is 19.4 Å². The number of nitro benzene ring substituents is 1. The number of carbonyl (C=O) groups is 1. The van der Waals surface area contributed by atoms with Crippen molar-refractivity contribution >= 4 is 22.5 Å². The van der Waals surface area contributed by atoms with Gasteiger partial charge >= 0.3 is 0 Å². The van der Waals surface area contributed by atoms with E-state index in [4.69, 9.17) is 9.47 Å². The summed E-state index contributed by atoms with van der Waals surface area (Å²) in [6.07, 6.45) is 3.26. The monoisotopic (exact) mass is 439 g/mol. The summed E-state index contributed by atoms with van der Waals surface area (Å²) in [5.74, 6) is 0.435. The molecule has 0 radical (unpaired) electrons. The number of rotatable bonds is 9. The Labute approximate surface area is 185 Å². The number of phenolic OH excluding ortho intramolecular Hbond substituents is 1. The van der Waals surface area contributed by atoms with E-state index in [1.54, 1.807) is 24.3 Å². The van der Waals surface area contributed by atoms with Gasteiger partial charge in [-0.05, 0) is 36.2 Å². The van der Waals surface area contributed by atoms with Gasteiger partial charge in [0.1, 0.15) is 11.3 Å². The first-order valence-electron chi connectivity index (χ1n) is 10.2. The number of hydrogen-bond donors (Lipinski definition) is 2. The van der Waals surface area contributed by atoms with Crippen LogP contribution < -0.4 is 14.8 Å². The fourth-order valence-electron chi connectivity index (χ4n) is 3.55. The summed E-state index contributed by atoms with van der Waals surface area (Å²) >= 11 is 0. The molecule has 9 heteroatoms. The molecule has 168 valence electrons. The molecule has 1 aromatic heterocycles. The molecule has 2 N–H and O–H groups in total. The summed E-state index contributed by atoms with van der Waals surface area (Å²) in [4.78, 5) is 28.0. The van der Waals surface area contributed by atoms with Crippen LogP contribution in [0.2, 0.25) is 0 Å². The molecule has 0 aliphatic carbocycles. The highest BCUT2D eigenvalue weighted by atomic mass is 16.6. The van der Waals surface area contributed by atoms with Gasteiger partial charge in [-0.25, -0.2) is 0 Å². The van der Waals surface area contributed by atoms with Gasteiger partial charge < -0.3 is 19.9 Å². The van der Waals surface area contributed by atoms with Gasteiger partial charge in [-0.3, -0.25) is 19.9 Å². The van der Waals surface area contributed by atoms with Gasteiger partial charge in [0.05, 0.1) is 30.6 Å². The van der Waals surface area contributed by atoms with Crippen molar-refractivity contribution in [1.82, 2.24) is 10.3 Å². The van der Waals surface area contributed by atoms with E-state index in [0.717, 1.165) is 6.42 Å². The van der Waals surface area contributed by atoms with Gasteiger partial charge in [-0.2, -0.15) is 0 Å². The Kier molecular flexibility index (Phi) is 7.09. The molecular weight excluding hydrogens is 414 g/mol. The average molecular weight is 439 g/mol. The Balaban J connectivity index is 2.22. The minimum atomic E-state index is -0.871. The summed E-state index contributed by atoms with van der Waals surface area (Å²) in [6, 6.07) is 8.54. The predicted octanol–water partition coefficient (Wildman–Crippen LogP) is 4.26. The van der Waals surface area contributed by atoms with Gasteiger partial charge in [0, 0.05) is 24.2 Å². The summed E-state index contributed by atoms with van der Waals surface area (Å²) in [5.41, 5.74) is 0.603. The fourth-order valence-corrected chi connectivity index (χ4v) is 3.55. The highest BCUT2D eigenvalue weighted by molar-refractivity contribution is 5.94. The van der Waals surface area contributed by atoms with Crippen molar-refractivity contribution in [2.75, 3.05) is 14.2 Å². The van der Waals surface area contributed by atoms with Crippen molar-refractivity contribution in [2.45, 2.75) is 32.2 Å². The number of nitro groups is 1. The third kappa shape index (κ3) is 4.56. The first-order chi connectivity index (χ1) is 15.4. The maximum absolute atomic E-state index is 12.6. The van der Waals surface area contributed by atoms with E-state index in [1.165, 1.54) is 32.5 Å². The molecule has 2 aromatic carbocycles. The van der Waals surface area contributed by atoms with Gasteiger partial charge in [0.15, 0.2) is 11.5 Å². The first-order valence-corrected chi connectivity index (χ1v) is 10.2. The van der Waals surface area contributed by atoms with Crippen molar-refractivity contribution < 1.29 is 24.3 Å². The quantitative estimate of drug-likeness (QED) is 0.377. The van der Waals surface area contributed by atoms with Crippen LogP contribution in [0.3, 0.4) is 0 Å². The molecule has 3 rings (SSSR count). The minimum Gasteiger partial charge on any atom is -0.505 e. The molecule has 0 aliphatic heterocycles. The van der Waals surface area contributed by atoms with Crippen molar-refractivity contribution in [3.05, 3.63) is 63.8 Å². The Morgan fingerprint density at radius 3 is 2.62 bits per heavy atom. The molecule has 1 atom stereocenters. The molecule has 3 aromatic rings. The van der Waals surface area contributed by atoms with Gasteiger partial charge in [-0.15, -0.1) is 0 Å². The number of hydrogen-bond acceptors (Lipinski definition) is 7. The minimum absolute atomic E-state index is 0.0879. The lowest BCUT2D eigenvalue weighted by molar-refractivity contribution is -0.383. The van der Waals surface area contributed by atoms with E-state index in [1.807, 2.05) is 6.92 Å². The number of non-ortho nitro benzene ring substituents is 1. The highest BCUT2D eigenvalue weighted by Crippen LogP contribution is 2.41. The van der Waals surface area contributed by atoms with Crippen LogP contribution in [0, 0.1) is 10.1 Å². The zero-order valence-electron chi connectivity index (χ0n) is 18.1. The molecular formula is C23H25N3O6. The molecule has 1 amide bonds. The fraction of sp³-hybridized carbons (Fsp3) is 0.304. The highest BCUT2D eigenvalue weighted by Gasteiger charge is 2.27. The molecule has 0 bridgehead atoms.